The molecule has 1 aliphatic rings. The van der Waals surface area contributed by atoms with E-state index in [2.05, 4.69) is 20.9 Å². The largest absolute Gasteiger partial charge is 0.466 e. The van der Waals surface area contributed by atoms with E-state index in [1.807, 2.05) is 0 Å². The molecule has 0 saturated heterocycles. The number of fused-ring (bicyclic) bond motifs is 1. The van der Waals surface area contributed by atoms with Gasteiger partial charge >= 0.3 is 11.9 Å². The lowest BCUT2D eigenvalue weighted by Gasteiger charge is -2.25. The van der Waals surface area contributed by atoms with Crippen molar-refractivity contribution in [2.45, 2.75) is 19.9 Å². The summed E-state index contributed by atoms with van der Waals surface area (Å²) < 4.78 is 12.8. The molecule has 34 heavy (non-hydrogen) atoms. The third-order valence-electron chi connectivity index (χ3n) is 5.14. The van der Waals surface area contributed by atoms with Gasteiger partial charge in [0.15, 0.2) is 4.80 Å². The minimum atomic E-state index is -0.810. The first-order chi connectivity index (χ1) is 16.2. The van der Waals surface area contributed by atoms with E-state index in [1.54, 1.807) is 55.5 Å². The van der Waals surface area contributed by atoms with Crippen LogP contribution in [0.3, 0.4) is 0 Å². The van der Waals surface area contributed by atoms with Crippen molar-refractivity contribution in [2.24, 2.45) is 4.99 Å². The number of thiazole rings is 1. The van der Waals surface area contributed by atoms with Crippen molar-refractivity contribution in [2.75, 3.05) is 7.11 Å². The Bertz CT molecular complexity index is 1540. The van der Waals surface area contributed by atoms with Gasteiger partial charge in [0.05, 0.1) is 22.9 Å². The van der Waals surface area contributed by atoms with Crippen molar-refractivity contribution in [1.29, 1.82) is 0 Å². The molecule has 0 fully saturated rings. The number of allylic oxidation sites excluding steroid dienone is 1. The Labute approximate surface area is 211 Å². The summed E-state index contributed by atoms with van der Waals surface area (Å²) in [5, 5.41) is 0.405. The molecule has 0 bridgehead atoms. The van der Waals surface area contributed by atoms with Gasteiger partial charge in [-0.1, -0.05) is 57.1 Å². The molecule has 174 valence electrons. The summed E-state index contributed by atoms with van der Waals surface area (Å²) >= 11 is 11.1. The first-order valence-corrected chi connectivity index (χ1v) is 12.0. The van der Waals surface area contributed by atoms with Crippen molar-refractivity contribution >= 4 is 56.9 Å². The van der Waals surface area contributed by atoms with Gasteiger partial charge in [-0.05, 0) is 42.8 Å². The molecule has 0 radical (unpaired) electrons. The topological polar surface area (TPSA) is 87.0 Å². The van der Waals surface area contributed by atoms with Crippen molar-refractivity contribution in [3.8, 4) is 5.75 Å². The van der Waals surface area contributed by atoms with Crippen molar-refractivity contribution in [1.82, 2.24) is 4.57 Å². The number of benzene rings is 2. The fourth-order valence-corrected chi connectivity index (χ4v) is 5.36. The molecule has 2 aromatic carbocycles. The van der Waals surface area contributed by atoms with E-state index in [0.717, 1.165) is 15.8 Å². The SMILES string of the molecule is COC(=O)C1=C(C)N=c2s/c(=C\c3cc(Br)ccc3OC(C)=O)c(=O)n2[C@H]1c1ccccc1Cl. The maximum absolute atomic E-state index is 13.6. The molecular formula is C24H18BrClN2O5S. The smallest absolute Gasteiger partial charge is 0.338 e. The zero-order valence-electron chi connectivity index (χ0n) is 18.3. The van der Waals surface area contributed by atoms with Crippen LogP contribution in [0.25, 0.3) is 6.08 Å². The second kappa shape index (κ2) is 9.69. The van der Waals surface area contributed by atoms with Crippen LogP contribution in [-0.4, -0.2) is 23.6 Å². The molecule has 0 aliphatic carbocycles. The highest BCUT2D eigenvalue weighted by Crippen LogP contribution is 2.34. The third-order valence-corrected chi connectivity index (χ3v) is 6.96. The lowest BCUT2D eigenvalue weighted by atomic mass is 9.96. The quantitative estimate of drug-likeness (QED) is 0.358. The fraction of sp³-hybridized carbons (Fsp3) is 0.167. The van der Waals surface area contributed by atoms with Crippen LogP contribution in [0, 0.1) is 0 Å². The first-order valence-electron chi connectivity index (χ1n) is 10.0. The predicted octanol–water partition coefficient (Wildman–Crippen LogP) is 3.75. The zero-order chi connectivity index (χ0) is 24.6. The molecule has 0 N–H and O–H groups in total. The summed E-state index contributed by atoms with van der Waals surface area (Å²) in [4.78, 5) is 42.8. The fourth-order valence-electron chi connectivity index (χ4n) is 3.70. The Hall–Kier alpha value is -3.01. The van der Waals surface area contributed by atoms with E-state index in [4.69, 9.17) is 21.1 Å². The van der Waals surface area contributed by atoms with Gasteiger partial charge in [-0.25, -0.2) is 9.79 Å². The molecule has 1 aliphatic heterocycles. The molecule has 0 saturated carbocycles. The number of carbonyl (C=O) groups excluding carboxylic acids is 2. The molecule has 7 nitrogen and oxygen atoms in total. The highest BCUT2D eigenvalue weighted by Gasteiger charge is 2.34. The highest BCUT2D eigenvalue weighted by molar-refractivity contribution is 9.10. The number of carbonyl (C=O) groups is 2. The minimum Gasteiger partial charge on any atom is -0.466 e. The lowest BCUT2D eigenvalue weighted by molar-refractivity contribution is -0.136. The van der Waals surface area contributed by atoms with E-state index >= 15 is 0 Å². The second-order valence-electron chi connectivity index (χ2n) is 7.37. The zero-order valence-corrected chi connectivity index (χ0v) is 21.5. The molecule has 2 heterocycles. The summed E-state index contributed by atoms with van der Waals surface area (Å²) in [5.41, 5.74) is 1.42. The maximum Gasteiger partial charge on any atom is 0.338 e. The summed E-state index contributed by atoms with van der Waals surface area (Å²) in [7, 11) is 1.28. The van der Waals surface area contributed by atoms with Crippen LogP contribution in [0.5, 0.6) is 5.75 Å². The summed E-state index contributed by atoms with van der Waals surface area (Å²) in [6, 6.07) is 11.3. The highest BCUT2D eigenvalue weighted by atomic mass is 79.9. The predicted molar refractivity (Wildman–Crippen MR) is 133 cm³/mol. The van der Waals surface area contributed by atoms with Gasteiger partial charge in [-0.2, -0.15) is 0 Å². The van der Waals surface area contributed by atoms with E-state index in [1.165, 1.54) is 18.6 Å². The number of halogens is 2. The Morgan fingerprint density at radius 1 is 1.24 bits per heavy atom. The molecule has 0 amide bonds. The van der Waals surface area contributed by atoms with E-state index in [0.29, 0.717) is 36.9 Å². The van der Waals surface area contributed by atoms with E-state index in [-0.39, 0.29) is 11.1 Å². The molecular weight excluding hydrogens is 544 g/mol. The molecule has 1 atom stereocenters. The Kier molecular flexibility index (Phi) is 6.88. The van der Waals surface area contributed by atoms with E-state index in [9.17, 15) is 14.4 Å². The van der Waals surface area contributed by atoms with Gasteiger partial charge in [-0.3, -0.25) is 14.2 Å². The van der Waals surface area contributed by atoms with Crippen LogP contribution in [-0.2, 0) is 14.3 Å². The van der Waals surface area contributed by atoms with Crippen LogP contribution in [0.4, 0.5) is 0 Å². The Morgan fingerprint density at radius 2 is 1.97 bits per heavy atom. The molecule has 1 aromatic heterocycles. The van der Waals surface area contributed by atoms with Gasteiger partial charge < -0.3 is 9.47 Å². The monoisotopic (exact) mass is 560 g/mol. The summed E-state index contributed by atoms with van der Waals surface area (Å²) in [6.45, 7) is 3.00. The van der Waals surface area contributed by atoms with Crippen molar-refractivity contribution in [3.05, 3.63) is 94.0 Å². The van der Waals surface area contributed by atoms with Gasteiger partial charge in [0.25, 0.3) is 5.56 Å². The number of ether oxygens (including phenoxy) is 2. The summed E-state index contributed by atoms with van der Waals surface area (Å²) in [5.74, 6) is -0.754. The van der Waals surface area contributed by atoms with Crippen LogP contribution >= 0.6 is 38.9 Å². The van der Waals surface area contributed by atoms with Crippen molar-refractivity contribution < 1.29 is 19.1 Å². The number of hydrogen-bond acceptors (Lipinski definition) is 7. The van der Waals surface area contributed by atoms with Crippen LogP contribution in [0.1, 0.15) is 31.0 Å². The lowest BCUT2D eigenvalue weighted by Crippen LogP contribution is -2.39. The minimum absolute atomic E-state index is 0.234. The average molecular weight is 562 g/mol. The first kappa shape index (κ1) is 24.1. The standard InChI is InChI=1S/C24H18BrClN2O5S/c1-12-20(23(31)32-3)21(16-6-4-5-7-17(16)26)28-22(30)19(34-24(28)27-12)11-14-10-15(25)8-9-18(14)33-13(2)29/h4-11,21H,1-3H3/b19-11-/t21-/m0/s1. The number of methoxy groups -OCH3 is 1. The van der Waals surface area contributed by atoms with Crippen LogP contribution in [0.2, 0.25) is 5.02 Å². The number of hydrogen-bond donors (Lipinski definition) is 0. The van der Waals surface area contributed by atoms with Crippen molar-refractivity contribution in [3.63, 3.8) is 0 Å². The second-order valence-corrected chi connectivity index (χ2v) is 9.70. The number of nitrogens with zero attached hydrogens (tertiary/aromatic N) is 2. The maximum atomic E-state index is 13.6. The summed E-state index contributed by atoms with van der Waals surface area (Å²) in [6.07, 6.45) is 1.63. The molecule has 10 heteroatoms. The molecule has 0 spiro atoms. The van der Waals surface area contributed by atoms with Gasteiger partial charge in [0.1, 0.15) is 11.8 Å². The molecule has 3 aromatic rings. The van der Waals surface area contributed by atoms with Gasteiger partial charge in [-0.15, -0.1) is 0 Å². The van der Waals surface area contributed by atoms with E-state index < -0.39 is 18.0 Å². The molecule has 4 rings (SSSR count). The van der Waals surface area contributed by atoms with Crippen LogP contribution in [0.15, 0.2) is 68.0 Å². The Morgan fingerprint density at radius 3 is 2.65 bits per heavy atom. The normalized spacial score (nSPS) is 15.6. The average Bonchev–Trinajstić information content (AvgIpc) is 3.09. The Balaban J connectivity index is 2.00. The van der Waals surface area contributed by atoms with Gasteiger partial charge in [0, 0.05) is 22.0 Å². The van der Waals surface area contributed by atoms with Crippen LogP contribution < -0.4 is 19.6 Å². The number of esters is 2. The number of aromatic nitrogens is 1. The van der Waals surface area contributed by atoms with Gasteiger partial charge in [0.2, 0.25) is 0 Å². The third kappa shape index (κ3) is 4.51. The molecule has 0 unspecified atom stereocenters. The number of rotatable bonds is 4.